The molecule has 0 N–H and O–H groups in total. The maximum Gasteiger partial charge on any atom is 0.308 e. The lowest BCUT2D eigenvalue weighted by Crippen LogP contribution is -2.11. The van der Waals surface area contributed by atoms with E-state index in [0.717, 1.165) is 5.56 Å². The molecule has 0 fully saturated rings. The molecule has 0 aromatic heterocycles. The molecule has 1 rings (SSSR count). The van der Waals surface area contributed by atoms with Crippen molar-refractivity contribution in [2.45, 2.75) is 20.5 Å². The van der Waals surface area contributed by atoms with Gasteiger partial charge in [0.2, 0.25) is 0 Å². The van der Waals surface area contributed by atoms with Gasteiger partial charge in [-0.25, -0.2) is 0 Å². The molecule has 0 heterocycles. The molecule has 0 saturated carbocycles. The summed E-state index contributed by atoms with van der Waals surface area (Å²) in [5.74, 6) is -0.279. The average molecular weight is 213 g/mol. The fourth-order valence-corrected chi connectivity index (χ4v) is 1.16. The minimum atomic E-state index is -0.190. The quantitative estimate of drug-likeness (QED) is 0.720. The fourth-order valence-electron chi connectivity index (χ4n) is 0.948. The lowest BCUT2D eigenvalue weighted by atomic mass is 10.2. The van der Waals surface area contributed by atoms with Crippen LogP contribution in [0.4, 0.5) is 0 Å². The van der Waals surface area contributed by atoms with E-state index in [2.05, 4.69) is 0 Å². The molecule has 14 heavy (non-hydrogen) atoms. The van der Waals surface area contributed by atoms with Crippen LogP contribution in [0.3, 0.4) is 0 Å². The number of esters is 1. The van der Waals surface area contributed by atoms with Gasteiger partial charge in [0.25, 0.3) is 0 Å². The third-order valence-electron chi connectivity index (χ3n) is 1.74. The van der Waals surface area contributed by atoms with E-state index < -0.39 is 0 Å². The van der Waals surface area contributed by atoms with Crippen molar-refractivity contribution < 1.29 is 9.53 Å². The van der Waals surface area contributed by atoms with Crippen molar-refractivity contribution in [1.29, 1.82) is 0 Å². The highest BCUT2D eigenvalue weighted by Gasteiger charge is 2.07. The molecule has 1 aromatic rings. The van der Waals surface area contributed by atoms with E-state index in [0.29, 0.717) is 5.02 Å². The van der Waals surface area contributed by atoms with Gasteiger partial charge in [0, 0.05) is 5.02 Å². The Labute approximate surface area is 88.8 Å². The number of hydrogen-bond donors (Lipinski definition) is 0. The largest absolute Gasteiger partial charge is 0.461 e. The minimum Gasteiger partial charge on any atom is -0.461 e. The standard InChI is InChI=1S/C11H13ClO2/c1-8(2)11(13)14-7-9-4-3-5-10(12)6-9/h3-6,8H,7H2,1-2H3. The van der Waals surface area contributed by atoms with Gasteiger partial charge in [0.05, 0.1) is 5.92 Å². The van der Waals surface area contributed by atoms with Crippen LogP contribution >= 0.6 is 11.6 Å². The van der Waals surface area contributed by atoms with Gasteiger partial charge < -0.3 is 4.74 Å². The maximum atomic E-state index is 11.1. The van der Waals surface area contributed by atoms with Gasteiger partial charge in [-0.05, 0) is 17.7 Å². The van der Waals surface area contributed by atoms with Gasteiger partial charge in [0.15, 0.2) is 0 Å². The molecule has 0 atom stereocenters. The zero-order valence-corrected chi connectivity index (χ0v) is 9.04. The van der Waals surface area contributed by atoms with Crippen molar-refractivity contribution in [3.63, 3.8) is 0 Å². The van der Waals surface area contributed by atoms with Crippen LogP contribution in [-0.4, -0.2) is 5.97 Å². The van der Waals surface area contributed by atoms with E-state index in [1.807, 2.05) is 12.1 Å². The van der Waals surface area contributed by atoms with Crippen LogP contribution in [0.15, 0.2) is 24.3 Å². The second-order valence-corrected chi connectivity index (χ2v) is 3.83. The molecule has 0 radical (unpaired) electrons. The van der Waals surface area contributed by atoms with Crippen molar-refractivity contribution in [3.8, 4) is 0 Å². The zero-order chi connectivity index (χ0) is 10.6. The first kappa shape index (κ1) is 11.1. The third-order valence-corrected chi connectivity index (χ3v) is 1.98. The van der Waals surface area contributed by atoms with Crippen molar-refractivity contribution in [3.05, 3.63) is 34.9 Å². The monoisotopic (exact) mass is 212 g/mol. The first-order valence-corrected chi connectivity index (χ1v) is 4.88. The molecular formula is C11H13ClO2. The number of ether oxygens (including phenoxy) is 1. The number of rotatable bonds is 3. The summed E-state index contributed by atoms with van der Waals surface area (Å²) in [6.07, 6.45) is 0. The predicted molar refractivity (Wildman–Crippen MR) is 56.1 cm³/mol. The summed E-state index contributed by atoms with van der Waals surface area (Å²) < 4.78 is 5.05. The highest BCUT2D eigenvalue weighted by molar-refractivity contribution is 6.30. The van der Waals surface area contributed by atoms with Crippen LogP contribution in [0.25, 0.3) is 0 Å². The number of carbonyl (C=O) groups excluding carboxylic acids is 1. The Hall–Kier alpha value is -1.02. The van der Waals surface area contributed by atoms with Gasteiger partial charge in [0.1, 0.15) is 6.61 Å². The maximum absolute atomic E-state index is 11.1. The topological polar surface area (TPSA) is 26.3 Å². The molecule has 0 aliphatic heterocycles. The van der Waals surface area contributed by atoms with E-state index in [-0.39, 0.29) is 18.5 Å². The molecule has 3 heteroatoms. The van der Waals surface area contributed by atoms with Crippen LogP contribution in [-0.2, 0) is 16.1 Å². The lowest BCUT2D eigenvalue weighted by Gasteiger charge is -2.06. The Balaban J connectivity index is 2.50. The van der Waals surface area contributed by atoms with Crippen LogP contribution in [0.5, 0.6) is 0 Å². The minimum absolute atomic E-state index is 0.0887. The molecular weight excluding hydrogens is 200 g/mol. The van der Waals surface area contributed by atoms with E-state index >= 15 is 0 Å². The molecule has 0 aliphatic carbocycles. The Morgan fingerprint density at radius 2 is 2.21 bits per heavy atom. The number of hydrogen-bond acceptors (Lipinski definition) is 2. The summed E-state index contributed by atoms with van der Waals surface area (Å²) in [5.41, 5.74) is 0.909. The second-order valence-electron chi connectivity index (χ2n) is 3.39. The second kappa shape index (κ2) is 5.01. The van der Waals surface area contributed by atoms with Crippen LogP contribution in [0.2, 0.25) is 5.02 Å². The zero-order valence-electron chi connectivity index (χ0n) is 8.29. The van der Waals surface area contributed by atoms with Crippen LogP contribution in [0, 0.1) is 5.92 Å². The molecule has 0 aliphatic rings. The van der Waals surface area contributed by atoms with Crippen molar-refractivity contribution in [2.75, 3.05) is 0 Å². The Morgan fingerprint density at radius 3 is 2.79 bits per heavy atom. The average Bonchev–Trinajstić information content (AvgIpc) is 2.14. The smallest absolute Gasteiger partial charge is 0.308 e. The molecule has 1 aromatic carbocycles. The van der Waals surface area contributed by atoms with Gasteiger partial charge in [-0.1, -0.05) is 37.6 Å². The Morgan fingerprint density at radius 1 is 1.50 bits per heavy atom. The van der Waals surface area contributed by atoms with Crippen molar-refractivity contribution in [2.24, 2.45) is 5.92 Å². The van der Waals surface area contributed by atoms with E-state index in [4.69, 9.17) is 16.3 Å². The fraction of sp³-hybridized carbons (Fsp3) is 0.364. The molecule has 0 unspecified atom stereocenters. The van der Waals surface area contributed by atoms with Gasteiger partial charge >= 0.3 is 5.97 Å². The lowest BCUT2D eigenvalue weighted by molar-refractivity contribution is -0.148. The predicted octanol–water partition coefficient (Wildman–Crippen LogP) is 3.04. The summed E-state index contributed by atoms with van der Waals surface area (Å²) in [4.78, 5) is 11.1. The summed E-state index contributed by atoms with van der Waals surface area (Å²) in [7, 11) is 0. The highest BCUT2D eigenvalue weighted by Crippen LogP contribution is 2.12. The SMILES string of the molecule is CC(C)C(=O)OCc1cccc(Cl)c1. The summed E-state index contributed by atoms with van der Waals surface area (Å²) in [6, 6.07) is 7.28. The molecule has 0 bridgehead atoms. The molecule has 0 spiro atoms. The van der Waals surface area contributed by atoms with Gasteiger partial charge in [-0.15, -0.1) is 0 Å². The Kier molecular flexibility index (Phi) is 3.96. The van der Waals surface area contributed by atoms with Crippen LogP contribution < -0.4 is 0 Å². The molecule has 0 amide bonds. The van der Waals surface area contributed by atoms with Crippen molar-refractivity contribution in [1.82, 2.24) is 0 Å². The van der Waals surface area contributed by atoms with Gasteiger partial charge in [-0.2, -0.15) is 0 Å². The summed E-state index contributed by atoms with van der Waals surface area (Å²) >= 11 is 5.78. The van der Waals surface area contributed by atoms with E-state index in [1.54, 1.807) is 26.0 Å². The number of carbonyl (C=O) groups is 1. The summed E-state index contributed by atoms with van der Waals surface area (Å²) in [5, 5.41) is 0.656. The van der Waals surface area contributed by atoms with Crippen molar-refractivity contribution >= 4 is 17.6 Å². The van der Waals surface area contributed by atoms with E-state index in [9.17, 15) is 4.79 Å². The third kappa shape index (κ3) is 3.38. The van der Waals surface area contributed by atoms with E-state index in [1.165, 1.54) is 0 Å². The Bertz CT molecular complexity index is 321. The number of halogens is 1. The molecule has 76 valence electrons. The first-order chi connectivity index (χ1) is 6.59. The summed E-state index contributed by atoms with van der Waals surface area (Å²) in [6.45, 7) is 3.90. The first-order valence-electron chi connectivity index (χ1n) is 4.50. The molecule has 2 nitrogen and oxygen atoms in total. The highest BCUT2D eigenvalue weighted by atomic mass is 35.5. The van der Waals surface area contributed by atoms with Crippen LogP contribution in [0.1, 0.15) is 19.4 Å². The normalized spacial score (nSPS) is 10.3. The number of benzene rings is 1. The molecule has 0 saturated heterocycles. The van der Waals surface area contributed by atoms with Gasteiger partial charge in [-0.3, -0.25) is 4.79 Å².